The minimum absolute atomic E-state index is 0.0183. The summed E-state index contributed by atoms with van der Waals surface area (Å²) < 4.78 is 32.8. The molecule has 3 amide bonds. The molecule has 0 saturated heterocycles. The third kappa shape index (κ3) is 20.0. The predicted molar refractivity (Wildman–Crippen MR) is 448 cm³/mol. The number of hydrogen-bond donors (Lipinski definition) is 2. The van der Waals surface area contributed by atoms with Crippen LogP contribution in [0, 0.1) is 0 Å². The van der Waals surface area contributed by atoms with E-state index in [0.717, 1.165) is 86.6 Å². The Labute approximate surface area is 691 Å². The Balaban J connectivity index is 0.543. The van der Waals surface area contributed by atoms with Gasteiger partial charge in [0.1, 0.15) is 31.4 Å². The molecular formula is C94H97ClN11O12+. The van der Waals surface area contributed by atoms with Gasteiger partial charge in [-0.1, -0.05) is 99.3 Å². The van der Waals surface area contributed by atoms with Gasteiger partial charge in [-0.05, 0) is 200 Å². The number of benzene rings is 5. The number of carbonyl (C=O) groups is 5. The standard InChI is InChI=1S/C94H96ClN11O12/c1-4-79-80-54-77(35-36-84(80)101-86-81(79)63-106-85(86)55-83-82(89(106)109)64-117-92(112)94(83,113)5-2)118-90(110)70-25-23-65(24-26-70)58-105(91(111)93(37-11-6-12-38-93)71-31-33-72(95)34-32-71)45-48-115-50-49-114-47-44-102(3)88(108)69-29-27-68(28-30-69)87(107)100-43-17-18-46-116-78-52-66(56-103(59-73-19-7-13-39-96-73)60-74-20-8-14-40-97-74)51-67(53-78)57-104(61-75-21-9-15-41-98-75)62-76-22-10-16-42-99-76/h7-10,13-16,19-36,39-42,51-55,113H,3-6,11-12,17-18,37-38,43-50,56-64H2,1-2H3/p+1. The molecule has 606 valence electrons. The number of nitrogens with one attached hydrogen (secondary N) is 1. The number of aryl methyl sites for hydroxylation is 1. The van der Waals surface area contributed by atoms with Gasteiger partial charge in [0.15, 0.2) is 12.1 Å². The highest BCUT2D eigenvalue weighted by molar-refractivity contribution is 6.30. The first-order valence-electron chi connectivity index (χ1n) is 40.5. The van der Waals surface area contributed by atoms with Crippen LogP contribution in [-0.2, 0) is 100 Å². The lowest BCUT2D eigenvalue weighted by atomic mass is 9.68. The van der Waals surface area contributed by atoms with Gasteiger partial charge >= 0.3 is 17.8 Å². The number of rotatable bonds is 37. The lowest BCUT2D eigenvalue weighted by Crippen LogP contribution is -2.48. The van der Waals surface area contributed by atoms with Crippen molar-refractivity contribution in [2.45, 2.75) is 142 Å². The average Bonchev–Trinajstić information content (AvgIpc) is 1.55. The van der Waals surface area contributed by atoms with Crippen LogP contribution in [0.25, 0.3) is 22.3 Å². The van der Waals surface area contributed by atoms with Gasteiger partial charge in [0.2, 0.25) is 5.91 Å². The summed E-state index contributed by atoms with van der Waals surface area (Å²) in [7, 11) is 0. The first kappa shape index (κ1) is 82.7. The van der Waals surface area contributed by atoms with E-state index in [-0.39, 0.29) is 100 Å². The van der Waals surface area contributed by atoms with Crippen molar-refractivity contribution in [1.82, 2.24) is 49.5 Å². The van der Waals surface area contributed by atoms with Crippen molar-refractivity contribution in [3.63, 3.8) is 0 Å². The molecule has 0 bridgehead atoms. The van der Waals surface area contributed by atoms with Gasteiger partial charge in [0, 0.05) is 111 Å². The van der Waals surface area contributed by atoms with Crippen molar-refractivity contribution in [3.8, 4) is 22.9 Å². The Kier molecular flexibility index (Phi) is 27.3. The van der Waals surface area contributed by atoms with Crippen LogP contribution in [0.1, 0.15) is 164 Å². The second-order valence-electron chi connectivity index (χ2n) is 30.3. The molecule has 8 heterocycles. The summed E-state index contributed by atoms with van der Waals surface area (Å²) in [6.07, 6.45) is 13.4. The lowest BCUT2D eigenvalue weighted by molar-refractivity contribution is -0.424. The molecule has 2 N–H and O–H groups in total. The number of nitrogens with zero attached hydrogens (tertiary/aromatic N) is 10. The largest absolute Gasteiger partial charge is 0.494 e. The number of cyclic esters (lactones) is 1. The van der Waals surface area contributed by atoms with Gasteiger partial charge in [-0.25, -0.2) is 19.4 Å². The molecule has 6 aromatic heterocycles. The highest BCUT2D eigenvalue weighted by Gasteiger charge is 2.46. The third-order valence-corrected chi connectivity index (χ3v) is 22.4. The monoisotopic (exact) mass is 1610 g/mol. The Morgan fingerprint density at radius 2 is 1.20 bits per heavy atom. The van der Waals surface area contributed by atoms with Crippen LogP contribution in [0.3, 0.4) is 0 Å². The molecule has 0 radical (unpaired) electrons. The molecule has 1 saturated carbocycles. The molecule has 1 fully saturated rings. The Morgan fingerprint density at radius 1 is 0.610 bits per heavy atom. The van der Waals surface area contributed by atoms with Crippen molar-refractivity contribution >= 4 is 58.9 Å². The van der Waals surface area contributed by atoms with Crippen molar-refractivity contribution in [2.24, 2.45) is 0 Å². The summed E-state index contributed by atoms with van der Waals surface area (Å²) in [6.45, 7) is 13.8. The Hall–Kier alpha value is -11.8. The van der Waals surface area contributed by atoms with Crippen LogP contribution in [0.5, 0.6) is 11.5 Å². The second-order valence-corrected chi connectivity index (χ2v) is 30.7. The normalized spacial score (nSPS) is 14.6. The summed E-state index contributed by atoms with van der Waals surface area (Å²) in [5.41, 5.74) is 9.70. The molecule has 1 atom stereocenters. The SMILES string of the molecule is C=[N+](CCOCCOCCN(Cc1ccc(C(=O)Oc2ccc3nc4c(c(CC)c3c2)Cn2c-4cc3c(c2=O)COC(=O)C3(O)CC)cc1)C(=O)C1(c2ccc(Cl)cc2)CCCCC1)C(=O)c1ccc(C(=O)NCCCCOc2cc(CN(Cc3ccccn3)Cc3ccccn3)cc(CN(Cc3ccccn3)Cc3ccccn3)c2)cc1. The van der Waals surface area contributed by atoms with Crippen LogP contribution in [0.2, 0.25) is 5.02 Å². The quantitative estimate of drug-likeness (QED) is 0.0120. The number of fused-ring (bicyclic) bond motifs is 5. The maximum absolute atomic E-state index is 15.2. The fourth-order valence-electron chi connectivity index (χ4n) is 16.0. The van der Waals surface area contributed by atoms with Crippen molar-refractivity contribution < 1.29 is 57.3 Å². The summed E-state index contributed by atoms with van der Waals surface area (Å²) >= 11 is 6.39. The van der Waals surface area contributed by atoms with Crippen molar-refractivity contribution in [2.75, 3.05) is 52.7 Å². The van der Waals surface area contributed by atoms with E-state index in [4.69, 9.17) is 40.3 Å². The van der Waals surface area contributed by atoms with Crippen LogP contribution in [0.4, 0.5) is 0 Å². The van der Waals surface area contributed by atoms with E-state index in [2.05, 4.69) is 60.0 Å². The lowest BCUT2D eigenvalue weighted by Gasteiger charge is -2.40. The van der Waals surface area contributed by atoms with Crippen LogP contribution >= 0.6 is 11.6 Å². The molecule has 14 rings (SSSR count). The molecule has 23 nitrogen and oxygen atoms in total. The molecule has 11 aromatic rings. The summed E-state index contributed by atoms with van der Waals surface area (Å²) in [6, 6.07) is 58.4. The number of ether oxygens (including phenoxy) is 5. The second kappa shape index (κ2) is 39.0. The summed E-state index contributed by atoms with van der Waals surface area (Å²) in [5.74, 6) is -0.913. The molecule has 2 aliphatic heterocycles. The predicted octanol–water partition coefficient (Wildman–Crippen LogP) is 13.9. The number of esters is 2. The van der Waals surface area contributed by atoms with Gasteiger partial charge in [-0.15, -0.1) is 0 Å². The van der Waals surface area contributed by atoms with Gasteiger partial charge < -0.3 is 43.6 Å². The fraction of sp³-hybridized carbons (Fsp3) is 0.319. The smallest absolute Gasteiger partial charge is 0.418 e. The summed E-state index contributed by atoms with van der Waals surface area (Å²) in [5, 5.41) is 15.8. The van der Waals surface area contributed by atoms with Gasteiger partial charge in [0.25, 0.3) is 11.5 Å². The first-order chi connectivity index (χ1) is 57.5. The molecule has 5 aromatic carbocycles. The van der Waals surface area contributed by atoms with Crippen molar-refractivity contribution in [1.29, 1.82) is 0 Å². The molecule has 1 aliphatic carbocycles. The molecular weight excluding hydrogens is 1510 g/mol. The van der Waals surface area contributed by atoms with Crippen LogP contribution in [0.15, 0.2) is 218 Å². The minimum atomic E-state index is -1.95. The molecule has 1 unspecified atom stereocenters. The highest BCUT2D eigenvalue weighted by atomic mass is 35.5. The fourth-order valence-corrected chi connectivity index (χ4v) is 16.1. The third-order valence-electron chi connectivity index (χ3n) is 22.2. The van der Waals surface area contributed by atoms with Crippen molar-refractivity contribution in [3.05, 3.63) is 312 Å². The van der Waals surface area contributed by atoms with Gasteiger partial charge in [0.05, 0.1) is 94.8 Å². The maximum atomic E-state index is 15.2. The zero-order chi connectivity index (χ0) is 82.0. The number of aliphatic hydroxyl groups is 1. The van der Waals surface area contributed by atoms with E-state index in [0.29, 0.717) is 129 Å². The molecule has 24 heteroatoms. The van der Waals surface area contributed by atoms with E-state index in [9.17, 15) is 29.1 Å². The Morgan fingerprint density at radius 3 is 1.79 bits per heavy atom. The van der Waals surface area contributed by atoms with E-state index in [1.54, 1.807) is 72.2 Å². The van der Waals surface area contributed by atoms with E-state index < -0.39 is 23.0 Å². The molecule has 0 spiro atoms. The van der Waals surface area contributed by atoms with Crippen LogP contribution < -0.4 is 20.3 Å². The number of carbonyl (C=O) groups excluding carboxylic acids is 5. The molecule has 3 aliphatic rings. The van der Waals surface area contributed by atoms with Crippen LogP contribution in [-0.4, -0.2) is 143 Å². The minimum Gasteiger partial charge on any atom is -0.494 e. The zero-order valence-electron chi connectivity index (χ0n) is 66.6. The number of aromatic nitrogens is 6. The summed E-state index contributed by atoms with van der Waals surface area (Å²) in [4.78, 5) is 113. The molecule has 118 heavy (non-hydrogen) atoms. The number of halogens is 1. The number of unbranched alkanes of at least 4 members (excludes halogenated alkanes) is 1. The number of pyridine rings is 6. The number of amides is 3. The first-order valence-corrected chi connectivity index (χ1v) is 40.8. The number of hydrogen-bond acceptors (Lipinski definition) is 19. The Bertz CT molecular complexity index is 5240. The van der Waals surface area contributed by atoms with E-state index in [1.165, 1.54) is 4.58 Å². The highest BCUT2D eigenvalue weighted by Crippen LogP contribution is 2.44. The van der Waals surface area contributed by atoms with E-state index >= 15 is 4.79 Å². The van der Waals surface area contributed by atoms with Gasteiger partial charge in [-0.2, -0.15) is 4.58 Å². The average molecular weight is 1610 g/mol. The van der Waals surface area contributed by atoms with Gasteiger partial charge in [-0.3, -0.25) is 44.1 Å². The maximum Gasteiger partial charge on any atom is 0.418 e. The topological polar surface area (TPSA) is 263 Å². The zero-order valence-corrected chi connectivity index (χ0v) is 67.3. The van der Waals surface area contributed by atoms with E-state index in [1.807, 2.05) is 146 Å².